The van der Waals surface area contributed by atoms with E-state index >= 15 is 0 Å². The number of hydrogen-bond acceptors (Lipinski definition) is 3. The lowest BCUT2D eigenvalue weighted by Gasteiger charge is -2.15. The van der Waals surface area contributed by atoms with Crippen molar-refractivity contribution in [2.45, 2.75) is 38.5 Å². The van der Waals surface area contributed by atoms with Crippen LogP contribution in [0.15, 0.2) is 95.4 Å². The third-order valence-electron chi connectivity index (χ3n) is 7.46. The standard InChI is InChI=1S/C33H27F3N2O2/c1-20-5-4-7-29(31(20)21-9-12-25(13-10-21)33(34,35)36)32(39)38-26-14-11-22-15-27(17-24(22)16-26)37-19-28-18-23-6-2-3-8-30(23)40-28/h2-14,16,18,27,37H,15,17,19H2,1H3,(H,38,39). The van der Waals surface area contributed by atoms with Crippen LogP contribution in [0.1, 0.15) is 38.4 Å². The van der Waals surface area contributed by atoms with Crippen LogP contribution in [0.3, 0.4) is 0 Å². The van der Waals surface area contributed by atoms with Crippen molar-refractivity contribution in [3.63, 3.8) is 0 Å². The zero-order valence-corrected chi connectivity index (χ0v) is 21.8. The topological polar surface area (TPSA) is 54.3 Å². The first-order valence-electron chi connectivity index (χ1n) is 13.2. The van der Waals surface area contributed by atoms with E-state index in [1.807, 2.05) is 55.5 Å². The Labute approximate surface area is 229 Å². The molecule has 1 aromatic heterocycles. The summed E-state index contributed by atoms with van der Waals surface area (Å²) in [5.74, 6) is 0.586. The van der Waals surface area contributed by atoms with Gasteiger partial charge in [0.2, 0.25) is 0 Å². The van der Waals surface area contributed by atoms with Gasteiger partial charge in [-0.3, -0.25) is 4.79 Å². The Kier molecular flexibility index (Phi) is 6.68. The SMILES string of the molecule is Cc1cccc(C(=O)Nc2ccc3c(c2)CC(NCc2cc4ccccc4o2)C3)c1-c1ccc(C(F)(F)F)cc1. The third-order valence-corrected chi connectivity index (χ3v) is 7.46. The maximum Gasteiger partial charge on any atom is 0.416 e. The number of benzene rings is 4. The number of rotatable bonds is 6. The molecule has 0 saturated heterocycles. The predicted molar refractivity (Wildman–Crippen MR) is 150 cm³/mol. The molecule has 202 valence electrons. The van der Waals surface area contributed by atoms with E-state index < -0.39 is 11.7 Å². The Balaban J connectivity index is 1.15. The highest BCUT2D eigenvalue weighted by Crippen LogP contribution is 2.34. The molecule has 0 fully saturated rings. The molecule has 0 aliphatic heterocycles. The van der Waals surface area contributed by atoms with Crippen LogP contribution >= 0.6 is 0 Å². The third kappa shape index (κ3) is 5.25. The normalized spacial score (nSPS) is 14.8. The second-order valence-corrected chi connectivity index (χ2v) is 10.2. The Morgan fingerprint density at radius 2 is 1.68 bits per heavy atom. The molecule has 0 saturated carbocycles. The van der Waals surface area contributed by atoms with Gasteiger partial charge in [0, 0.05) is 22.7 Å². The summed E-state index contributed by atoms with van der Waals surface area (Å²) in [5.41, 5.74) is 5.64. The van der Waals surface area contributed by atoms with Gasteiger partial charge in [-0.2, -0.15) is 13.2 Å². The highest BCUT2D eigenvalue weighted by molar-refractivity contribution is 6.09. The molecule has 6 rings (SSSR count). The van der Waals surface area contributed by atoms with E-state index in [4.69, 9.17) is 4.42 Å². The molecule has 1 aliphatic rings. The fourth-order valence-corrected chi connectivity index (χ4v) is 5.47. The summed E-state index contributed by atoms with van der Waals surface area (Å²) >= 11 is 0. The first-order chi connectivity index (χ1) is 19.2. The van der Waals surface area contributed by atoms with Gasteiger partial charge in [0.15, 0.2) is 0 Å². The van der Waals surface area contributed by atoms with Gasteiger partial charge in [-0.1, -0.05) is 48.5 Å². The van der Waals surface area contributed by atoms with Crippen LogP contribution in [0.2, 0.25) is 0 Å². The summed E-state index contributed by atoms with van der Waals surface area (Å²) in [5, 5.41) is 7.67. The fourth-order valence-electron chi connectivity index (χ4n) is 5.47. The van der Waals surface area contributed by atoms with Gasteiger partial charge < -0.3 is 15.1 Å². The zero-order chi connectivity index (χ0) is 27.9. The van der Waals surface area contributed by atoms with E-state index in [2.05, 4.69) is 16.7 Å². The molecule has 0 bridgehead atoms. The van der Waals surface area contributed by atoms with E-state index in [0.717, 1.165) is 47.3 Å². The van der Waals surface area contributed by atoms with Gasteiger partial charge in [0.1, 0.15) is 11.3 Å². The number of carbonyl (C=O) groups excluding carboxylic acids is 1. The van der Waals surface area contributed by atoms with E-state index in [1.165, 1.54) is 23.3 Å². The lowest BCUT2D eigenvalue weighted by molar-refractivity contribution is -0.137. The predicted octanol–water partition coefficient (Wildman–Crippen LogP) is 7.94. The number of para-hydroxylation sites is 1. The summed E-state index contributed by atoms with van der Waals surface area (Å²) in [4.78, 5) is 13.4. The Morgan fingerprint density at radius 3 is 2.45 bits per heavy atom. The highest BCUT2D eigenvalue weighted by Gasteiger charge is 2.30. The van der Waals surface area contributed by atoms with Gasteiger partial charge in [-0.15, -0.1) is 0 Å². The first-order valence-corrected chi connectivity index (χ1v) is 13.2. The van der Waals surface area contributed by atoms with Crippen LogP contribution in [0.4, 0.5) is 18.9 Å². The second kappa shape index (κ2) is 10.3. The van der Waals surface area contributed by atoms with E-state index in [9.17, 15) is 18.0 Å². The molecular formula is C33H27F3N2O2. The van der Waals surface area contributed by atoms with Crippen molar-refractivity contribution in [3.8, 4) is 11.1 Å². The number of alkyl halides is 3. The molecule has 1 unspecified atom stereocenters. The van der Waals surface area contributed by atoms with Crippen molar-refractivity contribution in [3.05, 3.63) is 125 Å². The number of amides is 1. The zero-order valence-electron chi connectivity index (χ0n) is 21.8. The number of hydrogen-bond donors (Lipinski definition) is 2. The summed E-state index contributed by atoms with van der Waals surface area (Å²) in [6, 6.07) is 26.4. The monoisotopic (exact) mass is 540 g/mol. The molecule has 0 spiro atoms. The van der Waals surface area contributed by atoms with Gasteiger partial charge in [-0.25, -0.2) is 0 Å². The number of aryl methyl sites for hydroxylation is 1. The summed E-state index contributed by atoms with van der Waals surface area (Å²) in [6.45, 7) is 2.48. The molecule has 0 radical (unpaired) electrons. The van der Waals surface area contributed by atoms with Gasteiger partial charge in [-0.05, 0) is 90.0 Å². The maximum atomic E-state index is 13.4. The molecule has 1 heterocycles. The fraction of sp³-hybridized carbons (Fsp3) is 0.182. The van der Waals surface area contributed by atoms with Crippen molar-refractivity contribution >= 4 is 22.6 Å². The average molecular weight is 541 g/mol. The van der Waals surface area contributed by atoms with Gasteiger partial charge in [0.05, 0.1) is 12.1 Å². The molecule has 1 atom stereocenters. The molecule has 5 aromatic rings. The molecule has 40 heavy (non-hydrogen) atoms. The maximum absolute atomic E-state index is 13.4. The lowest BCUT2D eigenvalue weighted by Crippen LogP contribution is -2.28. The Hall–Kier alpha value is -4.36. The minimum absolute atomic E-state index is 0.261. The molecule has 1 aliphatic carbocycles. The minimum atomic E-state index is -4.42. The molecule has 1 amide bonds. The van der Waals surface area contributed by atoms with Gasteiger partial charge >= 0.3 is 6.18 Å². The van der Waals surface area contributed by atoms with Crippen molar-refractivity contribution in [2.75, 3.05) is 5.32 Å². The molecule has 2 N–H and O–H groups in total. The number of anilines is 1. The molecular weight excluding hydrogens is 513 g/mol. The van der Waals surface area contributed by atoms with Crippen LogP contribution in [-0.4, -0.2) is 11.9 Å². The van der Waals surface area contributed by atoms with Crippen LogP contribution in [0.5, 0.6) is 0 Å². The highest BCUT2D eigenvalue weighted by atomic mass is 19.4. The number of fused-ring (bicyclic) bond motifs is 2. The van der Waals surface area contributed by atoms with Crippen molar-refractivity contribution in [2.24, 2.45) is 0 Å². The number of furan rings is 1. The number of carbonyl (C=O) groups is 1. The van der Waals surface area contributed by atoms with Gasteiger partial charge in [0.25, 0.3) is 5.91 Å². The average Bonchev–Trinajstić information content (AvgIpc) is 3.54. The summed E-state index contributed by atoms with van der Waals surface area (Å²) in [6.07, 6.45) is -2.69. The number of halogens is 3. The quantitative estimate of drug-likeness (QED) is 0.230. The molecule has 7 heteroatoms. The minimum Gasteiger partial charge on any atom is -0.460 e. The van der Waals surface area contributed by atoms with E-state index in [-0.39, 0.29) is 11.9 Å². The van der Waals surface area contributed by atoms with Crippen molar-refractivity contribution < 1.29 is 22.4 Å². The largest absolute Gasteiger partial charge is 0.460 e. The van der Waals surface area contributed by atoms with E-state index in [1.54, 1.807) is 12.1 Å². The summed E-state index contributed by atoms with van der Waals surface area (Å²) < 4.78 is 45.1. The smallest absolute Gasteiger partial charge is 0.416 e. The Bertz CT molecular complexity index is 1670. The second-order valence-electron chi connectivity index (χ2n) is 10.2. The van der Waals surface area contributed by atoms with Crippen LogP contribution < -0.4 is 10.6 Å². The van der Waals surface area contributed by atoms with E-state index in [0.29, 0.717) is 28.9 Å². The number of nitrogens with one attached hydrogen (secondary N) is 2. The lowest BCUT2D eigenvalue weighted by atomic mass is 9.93. The van der Waals surface area contributed by atoms with Crippen LogP contribution in [0, 0.1) is 6.92 Å². The van der Waals surface area contributed by atoms with Crippen molar-refractivity contribution in [1.29, 1.82) is 0 Å². The van der Waals surface area contributed by atoms with Crippen LogP contribution in [-0.2, 0) is 25.6 Å². The van der Waals surface area contributed by atoms with Crippen molar-refractivity contribution in [1.82, 2.24) is 5.32 Å². The first kappa shape index (κ1) is 25.9. The molecule has 4 aromatic carbocycles. The molecule has 4 nitrogen and oxygen atoms in total. The summed E-state index contributed by atoms with van der Waals surface area (Å²) in [7, 11) is 0. The van der Waals surface area contributed by atoms with Crippen LogP contribution in [0.25, 0.3) is 22.1 Å². The Morgan fingerprint density at radius 1 is 0.900 bits per heavy atom.